The monoisotopic (exact) mass is 304 g/mol. The van der Waals surface area contributed by atoms with E-state index >= 15 is 0 Å². The Morgan fingerprint density at radius 3 is 2.71 bits per heavy atom. The van der Waals surface area contributed by atoms with E-state index in [4.69, 9.17) is 0 Å². The Morgan fingerprint density at radius 2 is 2.05 bits per heavy atom. The molecule has 5 heteroatoms. The zero-order valence-electron chi connectivity index (χ0n) is 13.2. The van der Waals surface area contributed by atoms with Crippen molar-refractivity contribution in [3.63, 3.8) is 0 Å². The van der Waals surface area contributed by atoms with E-state index in [2.05, 4.69) is 66.7 Å². The Kier molecular flexibility index (Phi) is 5.82. The summed E-state index contributed by atoms with van der Waals surface area (Å²) >= 11 is 1.79. The first-order chi connectivity index (χ1) is 10.2. The van der Waals surface area contributed by atoms with Crippen LogP contribution in [-0.4, -0.2) is 27.6 Å². The summed E-state index contributed by atoms with van der Waals surface area (Å²) in [6, 6.07) is 9.18. The van der Waals surface area contributed by atoms with Gasteiger partial charge >= 0.3 is 0 Å². The molecule has 0 bridgehead atoms. The van der Waals surface area contributed by atoms with Crippen LogP contribution < -0.4 is 5.32 Å². The number of rotatable bonds is 7. The van der Waals surface area contributed by atoms with Gasteiger partial charge in [-0.1, -0.05) is 25.1 Å². The molecule has 0 aliphatic carbocycles. The second-order valence-electron chi connectivity index (χ2n) is 5.27. The van der Waals surface area contributed by atoms with Crippen LogP contribution in [0.3, 0.4) is 0 Å². The molecular weight excluding hydrogens is 280 g/mol. The van der Waals surface area contributed by atoms with Gasteiger partial charge in [0.1, 0.15) is 12.2 Å². The van der Waals surface area contributed by atoms with E-state index < -0.39 is 0 Å². The third-order valence-electron chi connectivity index (χ3n) is 3.49. The third-order valence-corrected chi connectivity index (χ3v) is 4.30. The fourth-order valence-corrected chi connectivity index (χ4v) is 3.19. The van der Waals surface area contributed by atoms with Crippen LogP contribution in [0.5, 0.6) is 0 Å². The molecule has 1 heterocycles. The number of hydrogen-bond acceptors (Lipinski definition) is 4. The minimum absolute atomic E-state index is 0.264. The number of aromatic nitrogens is 3. The fraction of sp³-hybridized carbons (Fsp3) is 0.500. The first-order valence-corrected chi connectivity index (χ1v) is 8.64. The van der Waals surface area contributed by atoms with Crippen molar-refractivity contribution in [3.05, 3.63) is 42.0 Å². The molecule has 0 aliphatic rings. The molecule has 0 aliphatic heterocycles. The lowest BCUT2D eigenvalue weighted by Gasteiger charge is -2.21. The molecule has 1 aromatic carbocycles. The van der Waals surface area contributed by atoms with E-state index in [1.54, 1.807) is 18.1 Å². The Balaban J connectivity index is 2.29. The van der Waals surface area contributed by atoms with Crippen LogP contribution in [0.1, 0.15) is 44.2 Å². The maximum Gasteiger partial charge on any atom is 0.138 e. The normalized spacial score (nSPS) is 12.8. The summed E-state index contributed by atoms with van der Waals surface area (Å²) in [6.45, 7) is 7.34. The molecule has 21 heavy (non-hydrogen) atoms. The van der Waals surface area contributed by atoms with Crippen LogP contribution in [0.15, 0.2) is 35.5 Å². The van der Waals surface area contributed by atoms with Crippen molar-refractivity contribution < 1.29 is 0 Å². The van der Waals surface area contributed by atoms with E-state index in [-0.39, 0.29) is 6.04 Å². The van der Waals surface area contributed by atoms with E-state index in [0.29, 0.717) is 6.04 Å². The highest BCUT2D eigenvalue weighted by Gasteiger charge is 2.18. The van der Waals surface area contributed by atoms with E-state index in [1.165, 1.54) is 10.5 Å². The van der Waals surface area contributed by atoms with Crippen LogP contribution in [0, 0.1) is 0 Å². The van der Waals surface area contributed by atoms with Gasteiger partial charge in [-0.3, -0.25) is 0 Å². The number of nitrogens with one attached hydrogen (secondary N) is 1. The van der Waals surface area contributed by atoms with E-state index in [9.17, 15) is 0 Å². The topological polar surface area (TPSA) is 42.7 Å². The first-order valence-electron chi connectivity index (χ1n) is 7.42. The average molecular weight is 304 g/mol. The summed E-state index contributed by atoms with van der Waals surface area (Å²) in [4.78, 5) is 5.76. The molecule has 114 valence electrons. The van der Waals surface area contributed by atoms with Gasteiger partial charge in [-0.15, -0.1) is 11.8 Å². The van der Waals surface area contributed by atoms with Crippen LogP contribution in [0.2, 0.25) is 0 Å². The number of hydrogen-bond donors (Lipinski definition) is 1. The lowest BCUT2D eigenvalue weighted by Crippen LogP contribution is -2.25. The molecule has 1 atom stereocenters. The van der Waals surface area contributed by atoms with Crippen LogP contribution in [0.25, 0.3) is 0 Å². The Labute approximate surface area is 131 Å². The van der Waals surface area contributed by atoms with Gasteiger partial charge in [-0.05, 0) is 38.3 Å². The lowest BCUT2D eigenvalue weighted by molar-refractivity contribution is 0.466. The summed E-state index contributed by atoms with van der Waals surface area (Å²) in [7, 11) is 0. The molecule has 0 saturated carbocycles. The summed E-state index contributed by atoms with van der Waals surface area (Å²) in [5.41, 5.74) is 1.34. The van der Waals surface area contributed by atoms with Crippen LogP contribution >= 0.6 is 11.8 Å². The number of benzene rings is 1. The highest BCUT2D eigenvalue weighted by atomic mass is 32.2. The molecule has 0 radical (unpaired) electrons. The van der Waals surface area contributed by atoms with Gasteiger partial charge in [-0.2, -0.15) is 5.10 Å². The predicted molar refractivity (Wildman–Crippen MR) is 88.8 cm³/mol. The van der Waals surface area contributed by atoms with Gasteiger partial charge in [0.05, 0.1) is 0 Å². The van der Waals surface area contributed by atoms with Crippen molar-refractivity contribution in [2.75, 3.05) is 12.8 Å². The quantitative estimate of drug-likeness (QED) is 0.795. The number of thioether (sulfide) groups is 1. The van der Waals surface area contributed by atoms with Crippen molar-refractivity contribution in [1.82, 2.24) is 20.1 Å². The van der Waals surface area contributed by atoms with Gasteiger partial charge in [0.2, 0.25) is 0 Å². The summed E-state index contributed by atoms with van der Waals surface area (Å²) < 4.78 is 2.01. The zero-order chi connectivity index (χ0) is 15.2. The lowest BCUT2D eigenvalue weighted by atomic mass is 10.0. The van der Waals surface area contributed by atoms with Crippen molar-refractivity contribution >= 4 is 11.8 Å². The summed E-state index contributed by atoms with van der Waals surface area (Å²) in [5.74, 6) is 1.03. The number of likely N-dealkylation sites (N-methyl/N-ethyl adjacent to an activating group) is 1. The minimum Gasteiger partial charge on any atom is -0.310 e. The van der Waals surface area contributed by atoms with Crippen LogP contribution in [0.4, 0.5) is 0 Å². The summed E-state index contributed by atoms with van der Waals surface area (Å²) in [6.07, 6.45) is 4.63. The van der Waals surface area contributed by atoms with E-state index in [0.717, 1.165) is 18.8 Å². The fourth-order valence-electron chi connectivity index (χ4n) is 2.53. The highest BCUT2D eigenvalue weighted by Crippen LogP contribution is 2.28. The minimum atomic E-state index is 0.264. The molecular formula is C16H24N4S. The van der Waals surface area contributed by atoms with Crippen molar-refractivity contribution in [2.45, 2.75) is 44.2 Å². The second kappa shape index (κ2) is 7.61. The van der Waals surface area contributed by atoms with Gasteiger partial charge in [0.15, 0.2) is 0 Å². The molecule has 4 nitrogen and oxygen atoms in total. The zero-order valence-corrected chi connectivity index (χ0v) is 14.0. The van der Waals surface area contributed by atoms with E-state index in [1.807, 2.05) is 4.68 Å². The molecule has 1 aromatic heterocycles. The molecule has 0 fully saturated rings. The molecule has 2 aromatic rings. The van der Waals surface area contributed by atoms with Crippen molar-refractivity contribution in [2.24, 2.45) is 0 Å². The smallest absolute Gasteiger partial charge is 0.138 e. The van der Waals surface area contributed by atoms with Gasteiger partial charge in [0, 0.05) is 23.4 Å². The Bertz CT molecular complexity index is 565. The van der Waals surface area contributed by atoms with Gasteiger partial charge in [0.25, 0.3) is 0 Å². The predicted octanol–water partition coefficient (Wildman–Crippen LogP) is 3.47. The van der Waals surface area contributed by atoms with Gasteiger partial charge in [-0.25, -0.2) is 9.67 Å². The summed E-state index contributed by atoms with van der Waals surface area (Å²) in [5, 5.41) is 7.92. The molecule has 1 N–H and O–H groups in total. The van der Waals surface area contributed by atoms with Crippen molar-refractivity contribution in [3.8, 4) is 0 Å². The maximum absolute atomic E-state index is 4.45. The average Bonchev–Trinajstić information content (AvgIpc) is 2.95. The highest BCUT2D eigenvalue weighted by molar-refractivity contribution is 7.98. The molecule has 2 rings (SSSR count). The van der Waals surface area contributed by atoms with Crippen LogP contribution in [-0.2, 0) is 6.42 Å². The first kappa shape index (κ1) is 16.0. The SMILES string of the molecule is CCNC(Cc1ncnn1C(C)C)c1ccccc1SC. The third kappa shape index (κ3) is 3.86. The van der Waals surface area contributed by atoms with Gasteiger partial charge < -0.3 is 5.32 Å². The largest absolute Gasteiger partial charge is 0.310 e. The Morgan fingerprint density at radius 1 is 1.29 bits per heavy atom. The second-order valence-corrected chi connectivity index (χ2v) is 6.12. The Hall–Kier alpha value is -1.33. The molecule has 0 saturated heterocycles. The molecule has 0 spiro atoms. The maximum atomic E-state index is 4.45. The molecule has 0 amide bonds. The standard InChI is InChI=1S/C16H24N4S/c1-5-17-14(13-8-6-7-9-15(13)21-4)10-16-18-11-19-20(16)12(2)3/h6-9,11-12,14,17H,5,10H2,1-4H3. The van der Waals surface area contributed by atoms with Crippen molar-refractivity contribution in [1.29, 1.82) is 0 Å². The number of nitrogens with zero attached hydrogens (tertiary/aromatic N) is 3. The molecule has 1 unspecified atom stereocenters.